The minimum Gasteiger partial charge on any atom is -0.492 e. The van der Waals surface area contributed by atoms with Gasteiger partial charge >= 0.3 is 0 Å². The van der Waals surface area contributed by atoms with E-state index in [1.165, 1.54) is 9.71 Å². The first-order valence-corrected chi connectivity index (χ1v) is 8.45. The van der Waals surface area contributed by atoms with Crippen molar-refractivity contribution in [3.05, 3.63) is 71.6 Å². The van der Waals surface area contributed by atoms with E-state index in [0.29, 0.717) is 6.61 Å². The lowest BCUT2D eigenvalue weighted by atomic mass is 10.2. The smallest absolute Gasteiger partial charge is 0.236 e. The average Bonchev–Trinajstić information content (AvgIpc) is 2.55. The largest absolute Gasteiger partial charge is 0.492 e. The highest BCUT2D eigenvalue weighted by atomic mass is 32.2. The average molecular weight is 317 g/mol. The fourth-order valence-corrected chi connectivity index (χ4v) is 2.63. The van der Waals surface area contributed by atoms with E-state index in [9.17, 15) is 8.42 Å². The van der Waals surface area contributed by atoms with Crippen LogP contribution in [0.1, 0.15) is 5.56 Å². The second kappa shape index (κ2) is 7.77. The molecule has 0 aliphatic heterocycles. The Kier molecular flexibility index (Phi) is 5.75. The van der Waals surface area contributed by atoms with E-state index in [1.807, 2.05) is 60.7 Å². The van der Waals surface area contributed by atoms with Gasteiger partial charge in [-0.15, -0.1) is 0 Å². The zero-order chi connectivity index (χ0) is 15.8. The highest BCUT2D eigenvalue weighted by Gasteiger charge is 2.13. The van der Waals surface area contributed by atoms with Gasteiger partial charge in [-0.1, -0.05) is 48.5 Å². The van der Waals surface area contributed by atoms with Gasteiger partial charge in [0.25, 0.3) is 0 Å². The van der Waals surface area contributed by atoms with E-state index >= 15 is 0 Å². The molecule has 2 aromatic carbocycles. The second-order valence-corrected chi connectivity index (χ2v) is 6.67. The van der Waals surface area contributed by atoms with Crippen LogP contribution in [0.5, 0.6) is 5.75 Å². The zero-order valence-electron chi connectivity index (χ0n) is 12.4. The highest BCUT2D eigenvalue weighted by Crippen LogP contribution is 2.09. The fraction of sp³-hybridized carbons (Fsp3) is 0.176. The number of sulfonamides is 1. The molecule has 2 aromatic rings. The Hall–Kier alpha value is -2.11. The Bertz CT molecular complexity index is 697. The van der Waals surface area contributed by atoms with Gasteiger partial charge < -0.3 is 4.74 Å². The molecular weight excluding hydrogens is 298 g/mol. The maximum absolute atomic E-state index is 12.1. The van der Waals surface area contributed by atoms with Crippen LogP contribution >= 0.6 is 0 Å². The number of ether oxygens (including phenoxy) is 1. The molecule has 0 spiro atoms. The number of hydrogen-bond donors (Lipinski definition) is 0. The van der Waals surface area contributed by atoms with Crippen molar-refractivity contribution in [1.82, 2.24) is 4.31 Å². The van der Waals surface area contributed by atoms with E-state index in [0.717, 1.165) is 11.3 Å². The topological polar surface area (TPSA) is 46.6 Å². The summed E-state index contributed by atoms with van der Waals surface area (Å²) in [5, 5.41) is 1.21. The standard InChI is InChI=1S/C17H19NO3S/c1-18(13-14-21-17-10-6-3-7-11-17)22(19,20)15-12-16-8-4-2-5-9-16/h2-12,15H,13-14H2,1H3/b15-12+. The van der Waals surface area contributed by atoms with Crippen LogP contribution in [0, 0.1) is 0 Å². The van der Waals surface area contributed by atoms with E-state index in [4.69, 9.17) is 4.74 Å². The molecule has 0 fully saturated rings. The van der Waals surface area contributed by atoms with Gasteiger partial charge in [0.2, 0.25) is 10.0 Å². The van der Waals surface area contributed by atoms with Crippen molar-refractivity contribution in [3.8, 4) is 5.75 Å². The molecule has 0 atom stereocenters. The van der Waals surface area contributed by atoms with Gasteiger partial charge in [0, 0.05) is 19.0 Å². The van der Waals surface area contributed by atoms with Crippen LogP contribution in [0.4, 0.5) is 0 Å². The molecule has 116 valence electrons. The van der Waals surface area contributed by atoms with Gasteiger partial charge in [-0.05, 0) is 23.8 Å². The number of benzene rings is 2. The molecule has 0 radical (unpaired) electrons. The molecule has 0 heterocycles. The first kappa shape index (κ1) is 16.3. The molecule has 0 unspecified atom stereocenters. The van der Waals surface area contributed by atoms with Crippen molar-refractivity contribution in [2.75, 3.05) is 20.2 Å². The molecule has 0 saturated heterocycles. The van der Waals surface area contributed by atoms with Crippen molar-refractivity contribution >= 4 is 16.1 Å². The van der Waals surface area contributed by atoms with Crippen LogP contribution in [0.15, 0.2) is 66.1 Å². The molecule has 22 heavy (non-hydrogen) atoms. The molecule has 2 rings (SSSR count). The quantitative estimate of drug-likeness (QED) is 0.788. The van der Waals surface area contributed by atoms with Gasteiger partial charge in [-0.25, -0.2) is 8.42 Å². The van der Waals surface area contributed by atoms with Crippen LogP contribution in [0.25, 0.3) is 6.08 Å². The molecule has 0 bridgehead atoms. The van der Waals surface area contributed by atoms with Crippen LogP contribution in [0.2, 0.25) is 0 Å². The van der Waals surface area contributed by atoms with Gasteiger partial charge in [0.05, 0.1) is 0 Å². The summed E-state index contributed by atoms with van der Waals surface area (Å²) in [4.78, 5) is 0. The Morgan fingerprint density at radius 3 is 2.23 bits per heavy atom. The van der Waals surface area contributed by atoms with Crippen molar-refractivity contribution in [2.45, 2.75) is 0 Å². The minimum atomic E-state index is -3.44. The van der Waals surface area contributed by atoms with Gasteiger partial charge in [-0.2, -0.15) is 4.31 Å². The Morgan fingerprint density at radius 2 is 1.59 bits per heavy atom. The molecule has 4 nitrogen and oxygen atoms in total. The Morgan fingerprint density at radius 1 is 1.00 bits per heavy atom. The fourth-order valence-electron chi connectivity index (χ4n) is 1.77. The summed E-state index contributed by atoms with van der Waals surface area (Å²) in [6.07, 6.45) is 1.59. The first-order valence-electron chi connectivity index (χ1n) is 6.95. The molecule has 0 N–H and O–H groups in total. The van der Waals surface area contributed by atoms with Gasteiger partial charge in [0.15, 0.2) is 0 Å². The molecule has 0 amide bonds. The van der Waals surface area contributed by atoms with E-state index in [2.05, 4.69) is 0 Å². The lowest BCUT2D eigenvalue weighted by molar-refractivity contribution is 0.288. The predicted octanol–water partition coefficient (Wildman–Crippen LogP) is 3.00. The Balaban J connectivity index is 1.88. The van der Waals surface area contributed by atoms with E-state index < -0.39 is 10.0 Å². The summed E-state index contributed by atoms with van der Waals surface area (Å²) in [5.41, 5.74) is 0.847. The lowest BCUT2D eigenvalue weighted by Gasteiger charge is -2.15. The summed E-state index contributed by atoms with van der Waals surface area (Å²) >= 11 is 0. The third kappa shape index (κ3) is 5.02. The minimum absolute atomic E-state index is 0.288. The highest BCUT2D eigenvalue weighted by molar-refractivity contribution is 7.92. The summed E-state index contributed by atoms with van der Waals surface area (Å²) in [5.74, 6) is 0.730. The number of hydrogen-bond acceptors (Lipinski definition) is 3. The molecule has 0 saturated carbocycles. The molecule has 0 aliphatic rings. The second-order valence-electron chi connectivity index (χ2n) is 4.74. The third-order valence-electron chi connectivity index (χ3n) is 3.08. The summed E-state index contributed by atoms with van der Waals surface area (Å²) in [6.45, 7) is 0.593. The SMILES string of the molecule is CN(CCOc1ccccc1)S(=O)(=O)/C=C/c1ccccc1. The Labute approximate surface area is 131 Å². The summed E-state index contributed by atoms with van der Waals surface area (Å²) in [6, 6.07) is 18.6. The van der Waals surface area contributed by atoms with Crippen LogP contribution in [0.3, 0.4) is 0 Å². The lowest BCUT2D eigenvalue weighted by Crippen LogP contribution is -2.29. The van der Waals surface area contributed by atoms with E-state index in [1.54, 1.807) is 13.1 Å². The maximum atomic E-state index is 12.1. The molecular formula is C17H19NO3S. The summed E-state index contributed by atoms with van der Waals surface area (Å²) in [7, 11) is -1.90. The van der Waals surface area contributed by atoms with Crippen molar-refractivity contribution < 1.29 is 13.2 Å². The molecule has 0 aromatic heterocycles. The molecule has 5 heteroatoms. The summed E-state index contributed by atoms with van der Waals surface area (Å²) < 4.78 is 31.0. The normalized spacial score (nSPS) is 11.9. The number of rotatable bonds is 7. The maximum Gasteiger partial charge on any atom is 0.236 e. The number of likely N-dealkylation sites (N-methyl/N-ethyl adjacent to an activating group) is 1. The van der Waals surface area contributed by atoms with Gasteiger partial charge in [0.1, 0.15) is 12.4 Å². The van der Waals surface area contributed by atoms with Crippen LogP contribution < -0.4 is 4.74 Å². The monoisotopic (exact) mass is 317 g/mol. The van der Waals surface area contributed by atoms with Gasteiger partial charge in [-0.3, -0.25) is 0 Å². The van der Waals surface area contributed by atoms with Crippen molar-refractivity contribution in [2.24, 2.45) is 0 Å². The van der Waals surface area contributed by atoms with Crippen molar-refractivity contribution in [1.29, 1.82) is 0 Å². The number of para-hydroxylation sites is 1. The molecule has 0 aliphatic carbocycles. The van der Waals surface area contributed by atoms with Crippen LogP contribution in [-0.2, 0) is 10.0 Å². The third-order valence-corrected chi connectivity index (χ3v) is 4.62. The predicted molar refractivity (Wildman–Crippen MR) is 89.0 cm³/mol. The van der Waals surface area contributed by atoms with Crippen molar-refractivity contribution in [3.63, 3.8) is 0 Å². The zero-order valence-corrected chi connectivity index (χ0v) is 13.2. The van der Waals surface area contributed by atoms with Crippen LogP contribution in [-0.4, -0.2) is 32.9 Å². The number of nitrogens with zero attached hydrogens (tertiary/aromatic N) is 1. The first-order chi connectivity index (χ1) is 10.6. The van der Waals surface area contributed by atoms with E-state index in [-0.39, 0.29) is 6.54 Å².